The highest BCUT2D eigenvalue weighted by molar-refractivity contribution is 5.95. The molecule has 0 saturated carbocycles. The molecule has 1 aliphatic rings. The van der Waals surface area contributed by atoms with Gasteiger partial charge >= 0.3 is 5.97 Å². The van der Waals surface area contributed by atoms with Gasteiger partial charge in [-0.3, -0.25) is 0 Å². The zero-order chi connectivity index (χ0) is 14.5. The van der Waals surface area contributed by atoms with E-state index in [0.717, 1.165) is 23.7 Å². The average molecular weight is 271 g/mol. The lowest BCUT2D eigenvalue weighted by molar-refractivity contribution is 0.0697. The van der Waals surface area contributed by atoms with E-state index in [1.165, 1.54) is 17.7 Å². The second-order valence-electron chi connectivity index (χ2n) is 6.95. The molecule has 3 nitrogen and oxygen atoms in total. The fourth-order valence-corrected chi connectivity index (χ4v) is 3.29. The molecule has 0 spiro atoms. The number of rotatable bonds is 1. The number of hydrogen-bond donors (Lipinski definition) is 2. The van der Waals surface area contributed by atoms with Crippen LogP contribution in [0.3, 0.4) is 0 Å². The van der Waals surface area contributed by atoms with Gasteiger partial charge in [0, 0.05) is 16.6 Å². The quantitative estimate of drug-likeness (QED) is 0.823. The number of carboxylic acid groups (broad SMARTS) is 1. The summed E-state index contributed by atoms with van der Waals surface area (Å²) in [7, 11) is 0. The standard InChI is InChI=1S/C17H21NO2/c1-17(2,3)11-5-7-15-13(9-11)12-8-10(16(19)20)4-6-14(12)18-15/h4,6,8,11,18H,5,7,9H2,1-3H3,(H,19,20)/t11-/m1/s1. The van der Waals surface area contributed by atoms with Crippen molar-refractivity contribution in [2.24, 2.45) is 11.3 Å². The molecule has 0 radical (unpaired) electrons. The van der Waals surface area contributed by atoms with E-state index in [9.17, 15) is 4.79 Å². The predicted octanol–water partition coefficient (Wildman–Crippen LogP) is 4.02. The Morgan fingerprint density at radius 2 is 2.10 bits per heavy atom. The number of nitrogens with one attached hydrogen (secondary N) is 1. The molecule has 2 aromatic rings. The second kappa shape index (κ2) is 4.37. The van der Waals surface area contributed by atoms with E-state index in [1.807, 2.05) is 12.1 Å². The zero-order valence-electron chi connectivity index (χ0n) is 12.3. The Labute approximate surface area is 119 Å². The van der Waals surface area contributed by atoms with Gasteiger partial charge in [0.2, 0.25) is 0 Å². The molecule has 2 N–H and O–H groups in total. The Kier molecular flexibility index (Phi) is 2.89. The van der Waals surface area contributed by atoms with Crippen LogP contribution in [0.5, 0.6) is 0 Å². The van der Waals surface area contributed by atoms with Crippen LogP contribution in [0.1, 0.15) is 48.8 Å². The summed E-state index contributed by atoms with van der Waals surface area (Å²) in [5.41, 5.74) is 4.36. The van der Waals surface area contributed by atoms with Crippen LogP contribution in [-0.4, -0.2) is 16.1 Å². The van der Waals surface area contributed by atoms with Crippen molar-refractivity contribution in [2.75, 3.05) is 0 Å². The van der Waals surface area contributed by atoms with Gasteiger partial charge in [-0.25, -0.2) is 4.79 Å². The number of H-pyrrole nitrogens is 1. The van der Waals surface area contributed by atoms with Crippen molar-refractivity contribution in [1.29, 1.82) is 0 Å². The highest BCUT2D eigenvalue weighted by Gasteiger charge is 2.30. The summed E-state index contributed by atoms with van der Waals surface area (Å²) in [6.07, 6.45) is 3.31. The zero-order valence-corrected chi connectivity index (χ0v) is 12.3. The summed E-state index contributed by atoms with van der Waals surface area (Å²) in [6.45, 7) is 6.88. The number of aryl methyl sites for hydroxylation is 1. The SMILES string of the molecule is CC(C)(C)[C@@H]1CCc2[nH]c3ccc(C(=O)O)cc3c2C1. The number of aromatic nitrogens is 1. The Morgan fingerprint density at radius 3 is 2.75 bits per heavy atom. The lowest BCUT2D eigenvalue weighted by atomic mass is 9.71. The number of hydrogen-bond acceptors (Lipinski definition) is 1. The van der Waals surface area contributed by atoms with Crippen LogP contribution < -0.4 is 0 Å². The van der Waals surface area contributed by atoms with Crippen LogP contribution in [0.15, 0.2) is 18.2 Å². The lowest BCUT2D eigenvalue weighted by Gasteiger charge is -2.34. The number of aromatic carboxylic acids is 1. The van der Waals surface area contributed by atoms with Gasteiger partial charge in [0.25, 0.3) is 0 Å². The number of carboxylic acids is 1. The molecule has 3 heteroatoms. The van der Waals surface area contributed by atoms with Crippen LogP contribution >= 0.6 is 0 Å². The van der Waals surface area contributed by atoms with Gasteiger partial charge in [0.1, 0.15) is 0 Å². The van der Waals surface area contributed by atoms with Gasteiger partial charge in [-0.2, -0.15) is 0 Å². The van der Waals surface area contributed by atoms with Gasteiger partial charge in [-0.1, -0.05) is 20.8 Å². The third kappa shape index (κ3) is 2.11. The molecule has 0 aliphatic heterocycles. The first-order valence-electron chi connectivity index (χ1n) is 7.23. The van der Waals surface area contributed by atoms with Gasteiger partial charge < -0.3 is 10.1 Å². The number of fused-ring (bicyclic) bond motifs is 3. The molecule has 1 aromatic carbocycles. The van der Waals surface area contributed by atoms with Crippen LogP contribution in [0.2, 0.25) is 0 Å². The molecule has 106 valence electrons. The first-order chi connectivity index (χ1) is 9.36. The topological polar surface area (TPSA) is 53.1 Å². The van der Waals surface area contributed by atoms with E-state index >= 15 is 0 Å². The van der Waals surface area contributed by atoms with E-state index in [-0.39, 0.29) is 0 Å². The maximum atomic E-state index is 11.1. The van der Waals surface area contributed by atoms with E-state index in [1.54, 1.807) is 6.07 Å². The van der Waals surface area contributed by atoms with Crippen LogP contribution in [-0.2, 0) is 12.8 Å². The van der Waals surface area contributed by atoms with Gasteiger partial charge in [-0.15, -0.1) is 0 Å². The Bertz CT molecular complexity index is 676. The molecule has 0 saturated heterocycles. The number of carbonyl (C=O) groups is 1. The smallest absolute Gasteiger partial charge is 0.335 e. The Balaban J connectivity index is 2.09. The largest absolute Gasteiger partial charge is 0.478 e. The molecular weight excluding hydrogens is 250 g/mol. The molecule has 3 rings (SSSR count). The molecule has 1 aliphatic carbocycles. The van der Waals surface area contributed by atoms with Crippen molar-refractivity contribution in [3.8, 4) is 0 Å². The molecule has 20 heavy (non-hydrogen) atoms. The molecular formula is C17H21NO2. The van der Waals surface area contributed by atoms with Crippen LogP contribution in [0, 0.1) is 11.3 Å². The molecule has 1 atom stereocenters. The van der Waals surface area contributed by atoms with Gasteiger partial charge in [-0.05, 0) is 54.4 Å². The van der Waals surface area contributed by atoms with Crippen molar-refractivity contribution < 1.29 is 9.90 Å². The van der Waals surface area contributed by atoms with E-state index in [2.05, 4.69) is 25.8 Å². The first-order valence-corrected chi connectivity index (χ1v) is 7.23. The normalized spacial score (nSPS) is 19.1. The first kappa shape index (κ1) is 13.2. The minimum Gasteiger partial charge on any atom is -0.478 e. The monoisotopic (exact) mass is 271 g/mol. The summed E-state index contributed by atoms with van der Waals surface area (Å²) in [6, 6.07) is 5.38. The summed E-state index contributed by atoms with van der Waals surface area (Å²) < 4.78 is 0. The Hall–Kier alpha value is -1.77. The Morgan fingerprint density at radius 1 is 1.35 bits per heavy atom. The number of aromatic amines is 1. The lowest BCUT2D eigenvalue weighted by Crippen LogP contribution is -2.26. The molecule has 0 unspecified atom stereocenters. The van der Waals surface area contributed by atoms with Crippen molar-refractivity contribution >= 4 is 16.9 Å². The summed E-state index contributed by atoms with van der Waals surface area (Å²) in [5.74, 6) is -0.201. The number of benzene rings is 1. The van der Waals surface area contributed by atoms with E-state index in [4.69, 9.17) is 5.11 Å². The maximum Gasteiger partial charge on any atom is 0.335 e. The van der Waals surface area contributed by atoms with Gasteiger partial charge in [0.05, 0.1) is 5.56 Å². The van der Waals surface area contributed by atoms with Crippen molar-refractivity contribution in [3.63, 3.8) is 0 Å². The fraction of sp³-hybridized carbons (Fsp3) is 0.471. The predicted molar refractivity (Wildman–Crippen MR) is 80.2 cm³/mol. The van der Waals surface area contributed by atoms with E-state index in [0.29, 0.717) is 16.9 Å². The van der Waals surface area contributed by atoms with Crippen molar-refractivity contribution in [1.82, 2.24) is 4.98 Å². The minimum absolute atomic E-state index is 0.297. The third-order valence-electron chi connectivity index (χ3n) is 4.66. The second-order valence-corrected chi connectivity index (χ2v) is 6.95. The molecule has 1 aromatic heterocycles. The summed E-state index contributed by atoms with van der Waals surface area (Å²) >= 11 is 0. The van der Waals surface area contributed by atoms with E-state index < -0.39 is 5.97 Å². The molecule has 0 bridgehead atoms. The maximum absolute atomic E-state index is 11.1. The van der Waals surface area contributed by atoms with Crippen LogP contribution in [0.25, 0.3) is 10.9 Å². The average Bonchev–Trinajstić information content (AvgIpc) is 2.74. The highest BCUT2D eigenvalue weighted by Crippen LogP contribution is 2.39. The van der Waals surface area contributed by atoms with Crippen LogP contribution in [0.4, 0.5) is 0 Å². The molecule has 1 heterocycles. The third-order valence-corrected chi connectivity index (χ3v) is 4.66. The summed E-state index contributed by atoms with van der Waals surface area (Å²) in [5, 5.41) is 10.2. The van der Waals surface area contributed by atoms with Crippen molar-refractivity contribution in [3.05, 3.63) is 35.0 Å². The summed E-state index contributed by atoms with van der Waals surface area (Å²) in [4.78, 5) is 14.6. The highest BCUT2D eigenvalue weighted by atomic mass is 16.4. The van der Waals surface area contributed by atoms with Crippen molar-refractivity contribution in [2.45, 2.75) is 40.0 Å². The molecule has 0 fully saturated rings. The van der Waals surface area contributed by atoms with Gasteiger partial charge in [0.15, 0.2) is 0 Å². The molecule has 0 amide bonds. The fourth-order valence-electron chi connectivity index (χ4n) is 3.29. The minimum atomic E-state index is -0.856.